The van der Waals surface area contributed by atoms with Crippen molar-refractivity contribution in [3.63, 3.8) is 0 Å². The van der Waals surface area contributed by atoms with Crippen LogP contribution in [0.3, 0.4) is 0 Å². The molecule has 0 bridgehead atoms. The first-order valence-corrected chi connectivity index (χ1v) is 10.0. The van der Waals surface area contributed by atoms with Gasteiger partial charge in [-0.2, -0.15) is 0 Å². The van der Waals surface area contributed by atoms with E-state index in [9.17, 15) is 14.7 Å². The van der Waals surface area contributed by atoms with Crippen molar-refractivity contribution in [1.82, 2.24) is 0 Å². The fourth-order valence-corrected chi connectivity index (χ4v) is 4.02. The van der Waals surface area contributed by atoms with Gasteiger partial charge in [-0.1, -0.05) is 54.1 Å². The van der Waals surface area contributed by atoms with Gasteiger partial charge in [0.25, 0.3) is 5.91 Å². The number of anilines is 2. The number of nitrogens with two attached hydrogens (primary N) is 1. The number of hydrogen-bond acceptors (Lipinski definition) is 4. The number of benzene rings is 3. The number of rotatable bonds is 6. The van der Waals surface area contributed by atoms with Crippen LogP contribution >= 0.6 is 11.6 Å². The molecule has 1 aliphatic heterocycles. The predicted molar refractivity (Wildman–Crippen MR) is 118 cm³/mol. The van der Waals surface area contributed by atoms with Gasteiger partial charge in [0.1, 0.15) is 0 Å². The lowest BCUT2D eigenvalue weighted by Gasteiger charge is -2.23. The fraction of sp³-hybridized carbons (Fsp3) is 0.167. The van der Waals surface area contributed by atoms with Crippen LogP contribution in [0.4, 0.5) is 11.4 Å². The molecule has 1 aliphatic rings. The van der Waals surface area contributed by atoms with Gasteiger partial charge >= 0.3 is 0 Å². The summed E-state index contributed by atoms with van der Waals surface area (Å²) in [5, 5.41) is 11.8. The van der Waals surface area contributed by atoms with Crippen LogP contribution in [0.25, 0.3) is 0 Å². The zero-order valence-corrected chi connectivity index (χ0v) is 17.0. The second-order valence-corrected chi connectivity index (χ2v) is 7.88. The Morgan fingerprint density at radius 3 is 2.53 bits per heavy atom. The van der Waals surface area contributed by atoms with Crippen molar-refractivity contribution >= 4 is 34.7 Å². The lowest BCUT2D eigenvalue weighted by molar-refractivity contribution is -0.135. The highest BCUT2D eigenvalue weighted by Crippen LogP contribution is 2.44. The van der Waals surface area contributed by atoms with E-state index >= 15 is 0 Å². The van der Waals surface area contributed by atoms with Crippen molar-refractivity contribution in [3.05, 3.63) is 94.5 Å². The van der Waals surface area contributed by atoms with Crippen molar-refractivity contribution in [2.45, 2.75) is 18.4 Å². The van der Waals surface area contributed by atoms with Crippen LogP contribution in [0, 0.1) is 0 Å². The molecule has 0 saturated heterocycles. The Bertz CT molecular complexity index is 1120. The van der Waals surface area contributed by atoms with E-state index in [0.717, 1.165) is 5.56 Å². The number of halogens is 1. The van der Waals surface area contributed by atoms with E-state index < -0.39 is 11.5 Å². The van der Waals surface area contributed by atoms with E-state index in [-0.39, 0.29) is 12.2 Å². The van der Waals surface area contributed by atoms with Crippen LogP contribution in [-0.2, 0) is 16.8 Å². The summed E-state index contributed by atoms with van der Waals surface area (Å²) in [5.41, 5.74) is 6.59. The number of nitrogens with zero attached hydrogens (tertiary/aromatic N) is 1. The van der Waals surface area contributed by atoms with Gasteiger partial charge in [-0.25, -0.2) is 0 Å². The maximum absolute atomic E-state index is 13.3. The van der Waals surface area contributed by atoms with Gasteiger partial charge in [0.15, 0.2) is 11.4 Å². The number of carbonyl (C=O) groups is 2. The molecule has 5 nitrogen and oxygen atoms in total. The first kappa shape index (κ1) is 20.1. The standard InChI is InChI=1S/C24H21ClN2O3/c25-18-9-10-21-20(14-18)24(30,15-22(28)17-7-4-8-19(26)13-17)23(29)27(21)12-11-16-5-2-1-3-6-16/h1-10,13-14,30H,11-12,15,26H2/t24-/m0/s1. The summed E-state index contributed by atoms with van der Waals surface area (Å²) >= 11 is 6.15. The second-order valence-electron chi connectivity index (χ2n) is 7.44. The Morgan fingerprint density at radius 2 is 1.80 bits per heavy atom. The summed E-state index contributed by atoms with van der Waals surface area (Å²) in [6.45, 7) is 0.381. The number of amides is 1. The third-order valence-corrected chi connectivity index (χ3v) is 5.62. The summed E-state index contributed by atoms with van der Waals surface area (Å²) in [7, 11) is 0. The molecule has 6 heteroatoms. The molecule has 1 atom stereocenters. The third kappa shape index (κ3) is 3.70. The minimum atomic E-state index is -1.97. The Balaban J connectivity index is 1.65. The van der Waals surface area contributed by atoms with Crippen molar-refractivity contribution in [3.8, 4) is 0 Å². The molecular weight excluding hydrogens is 400 g/mol. The molecule has 3 aromatic carbocycles. The first-order valence-electron chi connectivity index (χ1n) is 9.65. The average Bonchev–Trinajstić information content (AvgIpc) is 2.94. The largest absolute Gasteiger partial charge is 0.399 e. The summed E-state index contributed by atoms with van der Waals surface area (Å²) in [4.78, 5) is 27.7. The van der Waals surface area contributed by atoms with E-state index in [1.807, 2.05) is 30.3 Å². The van der Waals surface area contributed by atoms with E-state index in [2.05, 4.69) is 0 Å². The van der Waals surface area contributed by atoms with Gasteiger partial charge in [0.2, 0.25) is 0 Å². The molecule has 152 valence electrons. The molecule has 0 aliphatic carbocycles. The number of Topliss-reactive ketones (excluding diaryl/α,β-unsaturated/α-hetero) is 1. The predicted octanol–water partition coefficient (Wildman–Crippen LogP) is 3.97. The summed E-state index contributed by atoms with van der Waals surface area (Å²) in [6, 6.07) is 21.2. The van der Waals surface area contributed by atoms with Crippen molar-refractivity contribution in [2.24, 2.45) is 0 Å². The highest BCUT2D eigenvalue weighted by atomic mass is 35.5. The molecular formula is C24H21ClN2O3. The van der Waals surface area contributed by atoms with Crippen molar-refractivity contribution in [2.75, 3.05) is 17.2 Å². The minimum Gasteiger partial charge on any atom is -0.399 e. The molecule has 0 aromatic heterocycles. The number of aliphatic hydroxyl groups is 1. The summed E-state index contributed by atoms with van der Waals surface area (Å²) in [6.07, 6.45) is 0.234. The van der Waals surface area contributed by atoms with Crippen molar-refractivity contribution < 1.29 is 14.7 Å². The molecule has 1 heterocycles. The number of nitrogen functional groups attached to an aromatic ring is 1. The van der Waals surface area contributed by atoms with Crippen LogP contribution in [0.15, 0.2) is 72.8 Å². The van der Waals surface area contributed by atoms with Gasteiger partial charge in [0.05, 0.1) is 12.1 Å². The zero-order chi connectivity index (χ0) is 21.3. The van der Waals surface area contributed by atoms with Gasteiger partial charge in [0, 0.05) is 28.4 Å². The Hall–Kier alpha value is -3.15. The van der Waals surface area contributed by atoms with Gasteiger partial charge < -0.3 is 15.7 Å². The third-order valence-electron chi connectivity index (χ3n) is 5.39. The molecule has 0 saturated carbocycles. The number of carbonyl (C=O) groups excluding carboxylic acids is 2. The average molecular weight is 421 g/mol. The van der Waals surface area contributed by atoms with E-state index in [0.29, 0.717) is 40.5 Å². The van der Waals surface area contributed by atoms with Crippen molar-refractivity contribution in [1.29, 1.82) is 0 Å². The first-order chi connectivity index (χ1) is 14.4. The Kier molecular flexibility index (Phi) is 5.33. The lowest BCUT2D eigenvalue weighted by Crippen LogP contribution is -2.42. The van der Waals surface area contributed by atoms with Crippen LogP contribution in [0.5, 0.6) is 0 Å². The monoisotopic (exact) mass is 420 g/mol. The molecule has 4 rings (SSSR count). The summed E-state index contributed by atoms with van der Waals surface area (Å²) < 4.78 is 0. The van der Waals surface area contributed by atoms with E-state index in [1.54, 1.807) is 36.4 Å². The molecule has 3 aromatic rings. The van der Waals surface area contributed by atoms with E-state index in [4.69, 9.17) is 17.3 Å². The van der Waals surface area contributed by atoms with Crippen LogP contribution in [-0.4, -0.2) is 23.3 Å². The Morgan fingerprint density at radius 1 is 1.03 bits per heavy atom. The topological polar surface area (TPSA) is 83.6 Å². The number of hydrogen-bond donors (Lipinski definition) is 2. The fourth-order valence-electron chi connectivity index (χ4n) is 3.85. The lowest BCUT2D eigenvalue weighted by atomic mass is 9.88. The van der Waals surface area contributed by atoms with Gasteiger partial charge in [-0.3, -0.25) is 9.59 Å². The van der Waals surface area contributed by atoms with Crippen LogP contribution < -0.4 is 10.6 Å². The Labute approximate surface area is 179 Å². The molecule has 0 unspecified atom stereocenters. The quantitative estimate of drug-likeness (QED) is 0.467. The normalized spacial score (nSPS) is 17.8. The maximum Gasteiger partial charge on any atom is 0.264 e. The second kappa shape index (κ2) is 7.94. The van der Waals surface area contributed by atoms with Gasteiger partial charge in [-0.05, 0) is 42.3 Å². The maximum atomic E-state index is 13.3. The van der Waals surface area contributed by atoms with Crippen LogP contribution in [0.2, 0.25) is 5.02 Å². The SMILES string of the molecule is Nc1cccc(C(=O)C[C@@]2(O)C(=O)N(CCc3ccccc3)c3ccc(Cl)cc32)c1. The molecule has 0 radical (unpaired) electrons. The van der Waals surface area contributed by atoms with E-state index in [1.165, 1.54) is 11.0 Å². The summed E-state index contributed by atoms with van der Waals surface area (Å²) in [5.74, 6) is -0.887. The molecule has 0 fully saturated rings. The highest BCUT2D eigenvalue weighted by Gasteiger charge is 2.50. The zero-order valence-electron chi connectivity index (χ0n) is 16.2. The molecule has 1 amide bonds. The number of ketones is 1. The molecule has 0 spiro atoms. The molecule has 30 heavy (non-hydrogen) atoms. The highest BCUT2D eigenvalue weighted by molar-refractivity contribution is 6.31. The van der Waals surface area contributed by atoms with Crippen LogP contribution in [0.1, 0.15) is 27.9 Å². The smallest absolute Gasteiger partial charge is 0.264 e. The van der Waals surface area contributed by atoms with Gasteiger partial charge in [-0.15, -0.1) is 0 Å². The minimum absolute atomic E-state index is 0.350. The molecule has 3 N–H and O–H groups in total. The number of fused-ring (bicyclic) bond motifs is 1.